The van der Waals surface area contributed by atoms with Crippen LogP contribution in [0.4, 0.5) is 5.69 Å². The van der Waals surface area contributed by atoms with Crippen molar-refractivity contribution in [1.82, 2.24) is 15.3 Å². The van der Waals surface area contributed by atoms with E-state index in [0.717, 1.165) is 42.5 Å². The molecule has 5 rings (SSSR count). The average molecular weight is 409 g/mol. The Kier molecular flexibility index (Phi) is 5.31. The van der Waals surface area contributed by atoms with E-state index in [-0.39, 0.29) is 5.91 Å². The minimum atomic E-state index is -0.0823. The summed E-state index contributed by atoms with van der Waals surface area (Å²) < 4.78 is 0. The van der Waals surface area contributed by atoms with E-state index in [0.29, 0.717) is 17.8 Å². The second-order valence-corrected chi connectivity index (χ2v) is 7.76. The van der Waals surface area contributed by atoms with Crippen LogP contribution in [-0.2, 0) is 6.42 Å². The molecule has 1 aliphatic heterocycles. The number of pyridine rings is 2. The van der Waals surface area contributed by atoms with Gasteiger partial charge in [0, 0.05) is 36.9 Å². The molecule has 0 radical (unpaired) electrons. The molecular weight excluding hydrogens is 384 g/mol. The molecule has 2 aromatic carbocycles. The highest BCUT2D eigenvalue weighted by Crippen LogP contribution is 2.26. The van der Waals surface area contributed by atoms with Crippen molar-refractivity contribution in [2.75, 3.05) is 24.5 Å². The van der Waals surface area contributed by atoms with Crippen molar-refractivity contribution < 1.29 is 4.79 Å². The molecule has 154 valence electrons. The quantitative estimate of drug-likeness (QED) is 0.529. The zero-order valence-electron chi connectivity index (χ0n) is 17.3. The first-order valence-corrected chi connectivity index (χ1v) is 10.7. The SMILES string of the molecule is O=C(NCCN1CCCc2ccccc21)c1cc(-c2ccccn2)nc2ccccc12. The molecule has 0 unspecified atom stereocenters. The number of aryl methyl sites for hydroxylation is 1. The first-order valence-electron chi connectivity index (χ1n) is 10.7. The molecule has 0 saturated heterocycles. The normalized spacial score (nSPS) is 13.1. The second kappa shape index (κ2) is 8.56. The Morgan fingerprint density at radius 2 is 1.81 bits per heavy atom. The summed E-state index contributed by atoms with van der Waals surface area (Å²) in [4.78, 5) is 24.6. The van der Waals surface area contributed by atoms with Crippen molar-refractivity contribution in [1.29, 1.82) is 0 Å². The zero-order valence-corrected chi connectivity index (χ0v) is 17.3. The van der Waals surface area contributed by atoms with Crippen LogP contribution in [0.5, 0.6) is 0 Å². The molecule has 1 amide bonds. The summed E-state index contributed by atoms with van der Waals surface area (Å²) in [5.74, 6) is -0.0823. The van der Waals surface area contributed by atoms with Gasteiger partial charge in [-0.15, -0.1) is 0 Å². The van der Waals surface area contributed by atoms with Crippen LogP contribution < -0.4 is 10.2 Å². The van der Waals surface area contributed by atoms with Gasteiger partial charge in [0.2, 0.25) is 0 Å². The molecule has 0 aliphatic carbocycles. The van der Waals surface area contributed by atoms with Gasteiger partial charge in [0.1, 0.15) is 0 Å². The highest BCUT2D eigenvalue weighted by atomic mass is 16.1. The molecule has 2 aromatic heterocycles. The number of aromatic nitrogens is 2. The van der Waals surface area contributed by atoms with E-state index >= 15 is 0 Å². The van der Waals surface area contributed by atoms with Crippen molar-refractivity contribution in [3.63, 3.8) is 0 Å². The van der Waals surface area contributed by atoms with Crippen molar-refractivity contribution in [2.45, 2.75) is 12.8 Å². The molecule has 31 heavy (non-hydrogen) atoms. The Balaban J connectivity index is 1.36. The summed E-state index contributed by atoms with van der Waals surface area (Å²) in [5.41, 5.74) is 5.56. The number of carbonyl (C=O) groups is 1. The molecule has 1 N–H and O–H groups in total. The Bertz CT molecular complexity index is 1220. The Hall–Kier alpha value is -3.73. The minimum Gasteiger partial charge on any atom is -0.370 e. The van der Waals surface area contributed by atoms with Crippen LogP contribution in [0.2, 0.25) is 0 Å². The third-order valence-electron chi connectivity index (χ3n) is 5.76. The molecular formula is C26H24N4O. The fourth-order valence-electron chi connectivity index (χ4n) is 4.25. The second-order valence-electron chi connectivity index (χ2n) is 7.76. The summed E-state index contributed by atoms with van der Waals surface area (Å²) in [6, 6.07) is 23.8. The van der Waals surface area contributed by atoms with Gasteiger partial charge in [-0.05, 0) is 48.7 Å². The van der Waals surface area contributed by atoms with Gasteiger partial charge in [0.15, 0.2) is 0 Å². The van der Waals surface area contributed by atoms with E-state index in [2.05, 4.69) is 39.5 Å². The molecule has 4 aromatic rings. The van der Waals surface area contributed by atoms with Crippen molar-refractivity contribution in [3.05, 3.63) is 90.1 Å². The molecule has 5 heteroatoms. The maximum absolute atomic E-state index is 13.2. The molecule has 5 nitrogen and oxygen atoms in total. The molecule has 0 fully saturated rings. The van der Waals surface area contributed by atoms with Gasteiger partial charge in [-0.1, -0.05) is 42.5 Å². The lowest BCUT2D eigenvalue weighted by molar-refractivity contribution is 0.0956. The number of anilines is 1. The first-order chi connectivity index (χ1) is 15.3. The van der Waals surface area contributed by atoms with Gasteiger partial charge < -0.3 is 10.2 Å². The first kappa shape index (κ1) is 19.2. The molecule has 0 atom stereocenters. The molecule has 0 saturated carbocycles. The van der Waals surface area contributed by atoms with E-state index in [1.165, 1.54) is 11.3 Å². The summed E-state index contributed by atoms with van der Waals surface area (Å²) in [5, 5.41) is 3.97. The third-order valence-corrected chi connectivity index (χ3v) is 5.76. The lowest BCUT2D eigenvalue weighted by Gasteiger charge is -2.31. The number of hydrogen-bond donors (Lipinski definition) is 1. The van der Waals surface area contributed by atoms with Crippen LogP contribution >= 0.6 is 0 Å². The monoisotopic (exact) mass is 408 g/mol. The van der Waals surface area contributed by atoms with Crippen LogP contribution in [0.1, 0.15) is 22.3 Å². The van der Waals surface area contributed by atoms with Crippen molar-refractivity contribution in [3.8, 4) is 11.4 Å². The number of nitrogens with zero attached hydrogens (tertiary/aromatic N) is 3. The van der Waals surface area contributed by atoms with Crippen LogP contribution in [0.25, 0.3) is 22.3 Å². The van der Waals surface area contributed by atoms with Crippen LogP contribution in [0.3, 0.4) is 0 Å². The topological polar surface area (TPSA) is 58.1 Å². The fourth-order valence-corrected chi connectivity index (χ4v) is 4.25. The van der Waals surface area contributed by atoms with Gasteiger partial charge in [-0.25, -0.2) is 4.98 Å². The molecule has 3 heterocycles. The van der Waals surface area contributed by atoms with Gasteiger partial charge >= 0.3 is 0 Å². The summed E-state index contributed by atoms with van der Waals surface area (Å²) in [6.45, 7) is 2.40. The van der Waals surface area contributed by atoms with E-state index in [1.54, 1.807) is 6.20 Å². The fraction of sp³-hybridized carbons (Fsp3) is 0.192. The Labute approximate surface area is 181 Å². The Morgan fingerprint density at radius 3 is 2.71 bits per heavy atom. The smallest absolute Gasteiger partial charge is 0.252 e. The van der Waals surface area contributed by atoms with E-state index < -0.39 is 0 Å². The number of amides is 1. The van der Waals surface area contributed by atoms with Crippen LogP contribution in [-0.4, -0.2) is 35.5 Å². The van der Waals surface area contributed by atoms with Gasteiger partial charge in [0.05, 0.1) is 22.5 Å². The van der Waals surface area contributed by atoms with Crippen LogP contribution in [0.15, 0.2) is 79.0 Å². The highest BCUT2D eigenvalue weighted by molar-refractivity contribution is 6.07. The maximum Gasteiger partial charge on any atom is 0.252 e. The highest BCUT2D eigenvalue weighted by Gasteiger charge is 2.17. The van der Waals surface area contributed by atoms with E-state index in [4.69, 9.17) is 4.98 Å². The average Bonchev–Trinajstić information content (AvgIpc) is 2.84. The predicted molar refractivity (Wildman–Crippen MR) is 124 cm³/mol. The number of rotatable bonds is 5. The molecule has 0 spiro atoms. The van der Waals surface area contributed by atoms with Crippen molar-refractivity contribution >= 4 is 22.5 Å². The summed E-state index contributed by atoms with van der Waals surface area (Å²) >= 11 is 0. The number of fused-ring (bicyclic) bond motifs is 2. The summed E-state index contributed by atoms with van der Waals surface area (Å²) in [6.07, 6.45) is 4.01. The Morgan fingerprint density at radius 1 is 0.968 bits per heavy atom. The molecule has 1 aliphatic rings. The van der Waals surface area contributed by atoms with Gasteiger partial charge in [-0.3, -0.25) is 9.78 Å². The number of benzene rings is 2. The van der Waals surface area contributed by atoms with Gasteiger partial charge in [-0.2, -0.15) is 0 Å². The maximum atomic E-state index is 13.2. The largest absolute Gasteiger partial charge is 0.370 e. The third kappa shape index (κ3) is 3.99. The van der Waals surface area contributed by atoms with Crippen molar-refractivity contribution in [2.24, 2.45) is 0 Å². The zero-order chi connectivity index (χ0) is 21.0. The lowest BCUT2D eigenvalue weighted by Crippen LogP contribution is -2.37. The van der Waals surface area contributed by atoms with E-state index in [9.17, 15) is 4.79 Å². The standard InChI is InChI=1S/C26H24N4O/c31-26(28-15-17-30-16-7-9-19-8-1-4-13-25(19)30)21-18-24(23-12-5-6-14-27-23)29-22-11-3-2-10-20(21)22/h1-6,8,10-14,18H,7,9,15-17H2,(H,28,31). The van der Waals surface area contributed by atoms with Gasteiger partial charge in [0.25, 0.3) is 5.91 Å². The van der Waals surface area contributed by atoms with E-state index in [1.807, 2.05) is 48.5 Å². The number of para-hydroxylation sites is 2. The van der Waals surface area contributed by atoms with Crippen LogP contribution in [0, 0.1) is 0 Å². The predicted octanol–water partition coefficient (Wildman–Crippen LogP) is 4.48. The number of hydrogen-bond acceptors (Lipinski definition) is 4. The summed E-state index contributed by atoms with van der Waals surface area (Å²) in [7, 11) is 0. The molecule has 0 bridgehead atoms. The number of carbonyl (C=O) groups excluding carboxylic acids is 1. The minimum absolute atomic E-state index is 0.0823. The number of nitrogens with one attached hydrogen (secondary N) is 1. The lowest BCUT2D eigenvalue weighted by atomic mass is 10.0.